The molecule has 1 amide bonds. The maximum Gasteiger partial charge on any atom is 0.224 e. The molecule has 2 N–H and O–H groups in total. The largest absolute Gasteiger partial charge is 0.382 e. The fourth-order valence-corrected chi connectivity index (χ4v) is 1.70. The van der Waals surface area contributed by atoms with Gasteiger partial charge in [0.2, 0.25) is 5.91 Å². The lowest BCUT2D eigenvalue weighted by Crippen LogP contribution is -2.13. The van der Waals surface area contributed by atoms with Crippen molar-refractivity contribution < 1.29 is 4.79 Å². The summed E-state index contributed by atoms with van der Waals surface area (Å²) >= 11 is 0. The van der Waals surface area contributed by atoms with Gasteiger partial charge in [0.15, 0.2) is 0 Å². The normalized spacial score (nSPS) is 14.8. The third kappa shape index (κ3) is 4.10. The number of anilines is 2. The van der Waals surface area contributed by atoms with Crippen LogP contribution in [0.25, 0.3) is 0 Å². The summed E-state index contributed by atoms with van der Waals surface area (Å²) in [6.45, 7) is 4.09. The molecule has 0 aromatic heterocycles. The Bertz CT molecular complexity index is 380. The molecule has 1 aliphatic rings. The first kappa shape index (κ1) is 12.0. The smallest absolute Gasteiger partial charge is 0.224 e. The molecule has 3 heteroatoms. The van der Waals surface area contributed by atoms with Crippen LogP contribution in [0.3, 0.4) is 0 Å². The molecule has 1 aliphatic carbocycles. The second-order valence-electron chi connectivity index (χ2n) is 5.14. The van der Waals surface area contributed by atoms with E-state index in [-0.39, 0.29) is 5.91 Å². The summed E-state index contributed by atoms with van der Waals surface area (Å²) < 4.78 is 0. The molecular formula is C14H20N2O. The van der Waals surface area contributed by atoms with Gasteiger partial charge in [0.1, 0.15) is 0 Å². The molecule has 0 saturated heterocycles. The maximum atomic E-state index is 11.6. The first-order chi connectivity index (χ1) is 8.13. The second kappa shape index (κ2) is 5.21. The minimum absolute atomic E-state index is 0.0860. The minimum atomic E-state index is 0.0860. The Morgan fingerprint density at radius 2 is 1.82 bits per heavy atom. The Balaban J connectivity index is 1.86. The van der Waals surface area contributed by atoms with Crippen LogP contribution in [0.4, 0.5) is 11.4 Å². The Kier molecular flexibility index (Phi) is 3.67. The number of hydrogen-bond acceptors (Lipinski definition) is 2. The van der Waals surface area contributed by atoms with E-state index in [2.05, 4.69) is 10.6 Å². The van der Waals surface area contributed by atoms with Gasteiger partial charge in [-0.25, -0.2) is 0 Å². The maximum absolute atomic E-state index is 11.6. The Morgan fingerprint density at radius 3 is 2.35 bits per heavy atom. The molecule has 0 heterocycles. The van der Waals surface area contributed by atoms with E-state index in [1.165, 1.54) is 12.8 Å². The average Bonchev–Trinajstić information content (AvgIpc) is 3.03. The first-order valence-electron chi connectivity index (χ1n) is 6.30. The van der Waals surface area contributed by atoms with Gasteiger partial charge in [-0.15, -0.1) is 0 Å². The molecule has 0 unspecified atom stereocenters. The molecule has 3 nitrogen and oxygen atoms in total. The number of benzene rings is 1. The summed E-state index contributed by atoms with van der Waals surface area (Å²) in [6.07, 6.45) is 3.11. The molecule has 2 rings (SSSR count). The van der Waals surface area contributed by atoms with Crippen LogP contribution < -0.4 is 10.6 Å². The van der Waals surface area contributed by atoms with Crippen LogP contribution in [-0.2, 0) is 4.79 Å². The zero-order valence-corrected chi connectivity index (χ0v) is 10.5. The van der Waals surface area contributed by atoms with Crippen molar-refractivity contribution in [2.75, 3.05) is 10.6 Å². The van der Waals surface area contributed by atoms with Gasteiger partial charge in [-0.05, 0) is 43.0 Å². The first-order valence-corrected chi connectivity index (χ1v) is 6.30. The standard InChI is InChI=1S/C14H20N2O/c1-10(2)9-14(17)16-13-7-5-12(6-8-13)15-11-3-4-11/h5-8,10-11,15H,3-4,9H2,1-2H3,(H,16,17). The lowest BCUT2D eigenvalue weighted by molar-refractivity contribution is -0.116. The van der Waals surface area contributed by atoms with E-state index in [0.717, 1.165) is 11.4 Å². The van der Waals surface area contributed by atoms with Gasteiger partial charge >= 0.3 is 0 Å². The summed E-state index contributed by atoms with van der Waals surface area (Å²) in [5, 5.41) is 6.32. The SMILES string of the molecule is CC(C)CC(=O)Nc1ccc(NC2CC2)cc1. The van der Waals surface area contributed by atoms with Crippen LogP contribution in [0.15, 0.2) is 24.3 Å². The predicted octanol–water partition coefficient (Wildman–Crippen LogP) is 3.25. The van der Waals surface area contributed by atoms with E-state index in [9.17, 15) is 4.79 Å². The van der Waals surface area contributed by atoms with Crippen LogP contribution >= 0.6 is 0 Å². The highest BCUT2D eigenvalue weighted by Gasteiger charge is 2.20. The molecule has 1 fully saturated rings. The monoisotopic (exact) mass is 232 g/mol. The van der Waals surface area contributed by atoms with Crippen LogP contribution in [0.1, 0.15) is 33.1 Å². The molecule has 92 valence electrons. The van der Waals surface area contributed by atoms with Crippen LogP contribution in [0, 0.1) is 5.92 Å². The van der Waals surface area contributed by atoms with E-state index in [4.69, 9.17) is 0 Å². The highest BCUT2D eigenvalue weighted by Crippen LogP contribution is 2.25. The molecule has 0 radical (unpaired) electrons. The molecule has 1 saturated carbocycles. The molecule has 1 aromatic carbocycles. The van der Waals surface area contributed by atoms with Gasteiger partial charge in [-0.2, -0.15) is 0 Å². The number of carbonyl (C=O) groups excluding carboxylic acids is 1. The lowest BCUT2D eigenvalue weighted by Gasteiger charge is -2.09. The third-order valence-electron chi connectivity index (χ3n) is 2.71. The number of hydrogen-bond donors (Lipinski definition) is 2. The highest BCUT2D eigenvalue weighted by molar-refractivity contribution is 5.90. The van der Waals surface area contributed by atoms with Crippen molar-refractivity contribution in [3.63, 3.8) is 0 Å². The van der Waals surface area contributed by atoms with Gasteiger partial charge in [0.05, 0.1) is 0 Å². The molecule has 0 spiro atoms. The van der Waals surface area contributed by atoms with Crippen molar-refractivity contribution >= 4 is 17.3 Å². The molecular weight excluding hydrogens is 212 g/mol. The Morgan fingerprint density at radius 1 is 1.24 bits per heavy atom. The highest BCUT2D eigenvalue weighted by atomic mass is 16.1. The minimum Gasteiger partial charge on any atom is -0.382 e. The zero-order chi connectivity index (χ0) is 12.3. The molecule has 0 bridgehead atoms. The van der Waals surface area contributed by atoms with Crippen molar-refractivity contribution in [2.45, 2.75) is 39.2 Å². The predicted molar refractivity (Wildman–Crippen MR) is 71.2 cm³/mol. The fourth-order valence-electron chi connectivity index (χ4n) is 1.70. The van der Waals surface area contributed by atoms with Crippen molar-refractivity contribution in [3.05, 3.63) is 24.3 Å². The van der Waals surface area contributed by atoms with Crippen molar-refractivity contribution in [3.8, 4) is 0 Å². The summed E-state index contributed by atoms with van der Waals surface area (Å²) in [6, 6.07) is 8.59. The topological polar surface area (TPSA) is 41.1 Å². The molecule has 17 heavy (non-hydrogen) atoms. The van der Waals surface area contributed by atoms with Crippen molar-refractivity contribution in [1.29, 1.82) is 0 Å². The van der Waals surface area contributed by atoms with Gasteiger partial charge < -0.3 is 10.6 Å². The van der Waals surface area contributed by atoms with Crippen molar-refractivity contribution in [2.24, 2.45) is 5.92 Å². The van der Waals surface area contributed by atoms with E-state index < -0.39 is 0 Å². The lowest BCUT2D eigenvalue weighted by atomic mass is 10.1. The quantitative estimate of drug-likeness (QED) is 0.818. The van der Waals surface area contributed by atoms with Gasteiger partial charge in [-0.3, -0.25) is 4.79 Å². The Hall–Kier alpha value is -1.51. The van der Waals surface area contributed by atoms with Crippen LogP contribution in [0.2, 0.25) is 0 Å². The van der Waals surface area contributed by atoms with Gasteiger partial charge in [-0.1, -0.05) is 13.8 Å². The third-order valence-corrected chi connectivity index (χ3v) is 2.71. The number of rotatable bonds is 5. The zero-order valence-electron chi connectivity index (χ0n) is 10.5. The summed E-state index contributed by atoms with van der Waals surface area (Å²) in [7, 11) is 0. The van der Waals surface area contributed by atoms with Gasteiger partial charge in [0, 0.05) is 23.8 Å². The second-order valence-corrected chi connectivity index (χ2v) is 5.14. The summed E-state index contributed by atoms with van der Waals surface area (Å²) in [4.78, 5) is 11.6. The van der Waals surface area contributed by atoms with E-state index in [1.54, 1.807) is 0 Å². The molecule has 0 atom stereocenters. The van der Waals surface area contributed by atoms with E-state index in [0.29, 0.717) is 18.4 Å². The molecule has 1 aromatic rings. The van der Waals surface area contributed by atoms with Crippen molar-refractivity contribution in [1.82, 2.24) is 0 Å². The molecule has 0 aliphatic heterocycles. The number of carbonyl (C=O) groups is 1. The van der Waals surface area contributed by atoms with Gasteiger partial charge in [0.25, 0.3) is 0 Å². The fraction of sp³-hybridized carbons (Fsp3) is 0.500. The van der Waals surface area contributed by atoms with Crippen LogP contribution in [-0.4, -0.2) is 11.9 Å². The summed E-state index contributed by atoms with van der Waals surface area (Å²) in [5.41, 5.74) is 2.01. The number of amides is 1. The number of nitrogens with one attached hydrogen (secondary N) is 2. The van der Waals surface area contributed by atoms with Crippen LogP contribution in [0.5, 0.6) is 0 Å². The van der Waals surface area contributed by atoms with E-state index in [1.807, 2.05) is 38.1 Å². The average molecular weight is 232 g/mol. The van der Waals surface area contributed by atoms with E-state index >= 15 is 0 Å². The summed E-state index contributed by atoms with van der Waals surface area (Å²) in [5.74, 6) is 0.480. The Labute approximate surface area is 103 Å².